The van der Waals surface area contributed by atoms with Gasteiger partial charge in [0.2, 0.25) is 0 Å². The Balaban J connectivity index is 2.19. The van der Waals surface area contributed by atoms with E-state index in [9.17, 15) is 9.90 Å². The minimum Gasteiger partial charge on any atom is -0.507 e. The highest BCUT2D eigenvalue weighted by atomic mass is 16.3. The van der Waals surface area contributed by atoms with Crippen LogP contribution in [0.3, 0.4) is 0 Å². The van der Waals surface area contributed by atoms with Gasteiger partial charge in [0.15, 0.2) is 11.6 Å². The average Bonchev–Trinajstić information content (AvgIpc) is 2.72. The van der Waals surface area contributed by atoms with Crippen LogP contribution in [0, 0.1) is 6.92 Å². The largest absolute Gasteiger partial charge is 0.507 e. The normalized spacial score (nSPS) is 13.7. The van der Waals surface area contributed by atoms with Crippen molar-refractivity contribution in [2.45, 2.75) is 19.8 Å². The van der Waals surface area contributed by atoms with Crippen LogP contribution in [0.25, 0.3) is 11.4 Å². The highest BCUT2D eigenvalue weighted by Crippen LogP contribution is 2.29. The van der Waals surface area contributed by atoms with E-state index < -0.39 is 0 Å². The maximum Gasteiger partial charge on any atom is 0.166 e. The Labute approximate surface area is 104 Å². The first-order valence-corrected chi connectivity index (χ1v) is 5.86. The van der Waals surface area contributed by atoms with Crippen LogP contribution in [-0.4, -0.2) is 20.9 Å². The number of Topliss-reactive ketones (excluding diaryl/α,β-unsaturated/α-hetero) is 1. The molecule has 0 aliphatic heterocycles. The molecule has 1 heterocycles. The molecule has 0 saturated carbocycles. The third-order valence-electron chi connectivity index (χ3n) is 3.18. The van der Waals surface area contributed by atoms with E-state index in [0.29, 0.717) is 35.5 Å². The van der Waals surface area contributed by atoms with Crippen LogP contribution in [0.15, 0.2) is 24.3 Å². The Bertz CT molecular complexity index is 650. The molecule has 0 saturated heterocycles. The number of rotatable bonds is 1. The van der Waals surface area contributed by atoms with Gasteiger partial charge >= 0.3 is 0 Å². The zero-order valence-corrected chi connectivity index (χ0v) is 9.97. The molecule has 0 fully saturated rings. The third kappa shape index (κ3) is 1.57. The van der Waals surface area contributed by atoms with Gasteiger partial charge in [0.25, 0.3) is 0 Å². The highest BCUT2D eigenvalue weighted by molar-refractivity contribution is 6.01. The molecule has 4 nitrogen and oxygen atoms in total. The SMILES string of the molecule is Cc1nc(-c2ccccc2O)nc2c1C(=O)CC2. The second-order valence-electron chi connectivity index (χ2n) is 4.39. The molecule has 3 rings (SSSR count). The van der Waals surface area contributed by atoms with Gasteiger partial charge in [-0.2, -0.15) is 0 Å². The van der Waals surface area contributed by atoms with Crippen LogP contribution in [0.1, 0.15) is 28.2 Å². The summed E-state index contributed by atoms with van der Waals surface area (Å²) in [7, 11) is 0. The fourth-order valence-corrected chi connectivity index (χ4v) is 2.32. The van der Waals surface area contributed by atoms with Gasteiger partial charge in [-0.05, 0) is 25.5 Å². The summed E-state index contributed by atoms with van der Waals surface area (Å²) in [6.07, 6.45) is 1.17. The minimum atomic E-state index is 0.117. The van der Waals surface area contributed by atoms with Gasteiger partial charge in [-0.3, -0.25) is 4.79 Å². The molecule has 90 valence electrons. The number of benzene rings is 1. The second-order valence-corrected chi connectivity index (χ2v) is 4.39. The zero-order valence-electron chi connectivity index (χ0n) is 9.97. The molecule has 1 aromatic heterocycles. The van der Waals surface area contributed by atoms with Crippen molar-refractivity contribution in [2.75, 3.05) is 0 Å². The van der Waals surface area contributed by atoms with Gasteiger partial charge in [0.05, 0.1) is 22.5 Å². The first kappa shape index (κ1) is 10.9. The quantitative estimate of drug-likeness (QED) is 0.830. The number of aryl methyl sites for hydroxylation is 2. The summed E-state index contributed by atoms with van der Waals surface area (Å²) >= 11 is 0. The minimum absolute atomic E-state index is 0.117. The number of phenolic OH excluding ortho intramolecular Hbond substituents is 1. The van der Waals surface area contributed by atoms with Gasteiger partial charge in [0, 0.05) is 6.42 Å². The standard InChI is InChI=1S/C14H12N2O2/c1-8-13-10(6-7-12(13)18)16-14(15-8)9-4-2-3-5-11(9)17/h2-5,17H,6-7H2,1H3. The number of hydrogen-bond acceptors (Lipinski definition) is 4. The van der Waals surface area contributed by atoms with Crippen molar-refractivity contribution in [1.29, 1.82) is 0 Å². The van der Waals surface area contributed by atoms with Gasteiger partial charge in [0.1, 0.15) is 5.75 Å². The summed E-state index contributed by atoms with van der Waals surface area (Å²) in [6, 6.07) is 6.95. The van der Waals surface area contributed by atoms with Gasteiger partial charge in [-0.25, -0.2) is 9.97 Å². The Morgan fingerprint density at radius 1 is 1.17 bits per heavy atom. The smallest absolute Gasteiger partial charge is 0.166 e. The Kier molecular flexibility index (Phi) is 2.37. The Morgan fingerprint density at radius 2 is 1.94 bits per heavy atom. The maximum absolute atomic E-state index is 11.7. The van der Waals surface area contributed by atoms with E-state index in [1.54, 1.807) is 18.2 Å². The number of hydrogen-bond donors (Lipinski definition) is 1. The number of carbonyl (C=O) groups is 1. The van der Waals surface area contributed by atoms with Crippen molar-refractivity contribution in [2.24, 2.45) is 0 Å². The highest BCUT2D eigenvalue weighted by Gasteiger charge is 2.25. The van der Waals surface area contributed by atoms with Crippen molar-refractivity contribution in [3.63, 3.8) is 0 Å². The van der Waals surface area contributed by atoms with Crippen molar-refractivity contribution in [3.05, 3.63) is 41.2 Å². The molecule has 2 aromatic rings. The van der Waals surface area contributed by atoms with Crippen LogP contribution in [0.4, 0.5) is 0 Å². The van der Waals surface area contributed by atoms with Crippen LogP contribution in [-0.2, 0) is 6.42 Å². The van der Waals surface area contributed by atoms with Crippen molar-refractivity contribution >= 4 is 5.78 Å². The monoisotopic (exact) mass is 240 g/mol. The lowest BCUT2D eigenvalue weighted by Gasteiger charge is -2.07. The second kappa shape index (κ2) is 3.91. The predicted molar refractivity (Wildman–Crippen MR) is 66.5 cm³/mol. The molecule has 1 N–H and O–H groups in total. The number of carbonyl (C=O) groups excluding carboxylic acids is 1. The van der Waals surface area contributed by atoms with Crippen LogP contribution in [0.2, 0.25) is 0 Å². The lowest BCUT2D eigenvalue weighted by Crippen LogP contribution is -2.03. The molecular weight excluding hydrogens is 228 g/mol. The molecule has 0 radical (unpaired) electrons. The number of aromatic hydroxyl groups is 1. The maximum atomic E-state index is 11.7. The molecule has 0 spiro atoms. The summed E-state index contributed by atoms with van der Waals surface area (Å²) in [5.74, 6) is 0.756. The number of nitrogens with zero attached hydrogens (tertiary/aromatic N) is 2. The number of ketones is 1. The molecule has 0 atom stereocenters. The van der Waals surface area contributed by atoms with E-state index in [-0.39, 0.29) is 11.5 Å². The van der Waals surface area contributed by atoms with Crippen LogP contribution in [0.5, 0.6) is 5.75 Å². The van der Waals surface area contributed by atoms with E-state index in [1.165, 1.54) is 0 Å². The van der Waals surface area contributed by atoms with E-state index in [2.05, 4.69) is 9.97 Å². The molecule has 1 aromatic carbocycles. The van der Waals surface area contributed by atoms with Crippen molar-refractivity contribution in [1.82, 2.24) is 9.97 Å². The molecule has 1 aliphatic rings. The fraction of sp³-hybridized carbons (Fsp3) is 0.214. The molecule has 0 bridgehead atoms. The number of para-hydroxylation sites is 1. The predicted octanol–water partition coefficient (Wildman–Crippen LogP) is 2.29. The van der Waals surface area contributed by atoms with Crippen LogP contribution >= 0.6 is 0 Å². The summed E-state index contributed by atoms with van der Waals surface area (Å²) in [5, 5.41) is 9.81. The molecule has 0 amide bonds. The fourth-order valence-electron chi connectivity index (χ4n) is 2.32. The van der Waals surface area contributed by atoms with Crippen LogP contribution < -0.4 is 0 Å². The Morgan fingerprint density at radius 3 is 2.72 bits per heavy atom. The van der Waals surface area contributed by atoms with E-state index >= 15 is 0 Å². The third-order valence-corrected chi connectivity index (χ3v) is 3.18. The van der Waals surface area contributed by atoms with E-state index in [4.69, 9.17) is 0 Å². The lowest BCUT2D eigenvalue weighted by molar-refractivity contribution is 0.0994. The summed E-state index contributed by atoms with van der Waals surface area (Å²) in [6.45, 7) is 1.81. The average molecular weight is 240 g/mol. The zero-order chi connectivity index (χ0) is 12.7. The molecule has 0 unspecified atom stereocenters. The van der Waals surface area contributed by atoms with Gasteiger partial charge in [-0.1, -0.05) is 12.1 Å². The molecule has 1 aliphatic carbocycles. The Hall–Kier alpha value is -2.23. The number of fused-ring (bicyclic) bond motifs is 1. The molecular formula is C14H12N2O2. The van der Waals surface area contributed by atoms with Crippen molar-refractivity contribution in [3.8, 4) is 17.1 Å². The first-order valence-electron chi connectivity index (χ1n) is 5.86. The summed E-state index contributed by atoms with van der Waals surface area (Å²) < 4.78 is 0. The topological polar surface area (TPSA) is 63.1 Å². The molecule has 18 heavy (non-hydrogen) atoms. The first-order chi connectivity index (χ1) is 8.66. The number of phenols is 1. The van der Waals surface area contributed by atoms with E-state index in [1.807, 2.05) is 13.0 Å². The van der Waals surface area contributed by atoms with Gasteiger partial charge < -0.3 is 5.11 Å². The molecule has 4 heteroatoms. The van der Waals surface area contributed by atoms with E-state index in [0.717, 1.165) is 5.69 Å². The lowest BCUT2D eigenvalue weighted by atomic mass is 10.1. The summed E-state index contributed by atoms with van der Waals surface area (Å²) in [5.41, 5.74) is 2.75. The van der Waals surface area contributed by atoms with Crippen molar-refractivity contribution < 1.29 is 9.90 Å². The summed E-state index contributed by atoms with van der Waals surface area (Å²) in [4.78, 5) is 20.4. The van der Waals surface area contributed by atoms with Gasteiger partial charge in [-0.15, -0.1) is 0 Å². The number of aromatic nitrogens is 2.